The molecule has 5 atom stereocenters. The monoisotopic (exact) mass is 471 g/mol. The number of nitrogens with two attached hydrogens (primary N) is 3. The number of esters is 1. The first-order chi connectivity index (χ1) is 15.8. The molecule has 7 N–H and O–H groups in total. The van der Waals surface area contributed by atoms with Crippen LogP contribution in [0.2, 0.25) is 0 Å². The molecule has 2 aliphatic heterocycles. The Balaban J connectivity index is 2.17. The Labute approximate surface area is 191 Å². The molecule has 1 amide bonds. The van der Waals surface area contributed by atoms with Gasteiger partial charge in [-0.2, -0.15) is 0 Å². The third-order valence-electron chi connectivity index (χ3n) is 5.27. The number of hydrogen-bond acceptors (Lipinski definition) is 10. The van der Waals surface area contributed by atoms with Gasteiger partial charge < -0.3 is 46.2 Å². The molecule has 1 saturated heterocycles. The third kappa shape index (κ3) is 7.70. The van der Waals surface area contributed by atoms with E-state index in [0.717, 1.165) is 25.7 Å². The fraction of sp³-hybridized carbons (Fsp3) is 0.700. The summed E-state index contributed by atoms with van der Waals surface area (Å²) >= 11 is 0. The van der Waals surface area contributed by atoms with Crippen molar-refractivity contribution in [2.75, 3.05) is 26.8 Å². The molecule has 0 aromatic rings. The molecule has 0 saturated carbocycles. The van der Waals surface area contributed by atoms with Gasteiger partial charge in [0.25, 0.3) is 0 Å². The third-order valence-corrected chi connectivity index (χ3v) is 5.27. The summed E-state index contributed by atoms with van der Waals surface area (Å²) in [6, 6.07) is -0.683. The fourth-order valence-electron chi connectivity index (χ4n) is 3.54. The SMILES string of the molecule is COC(=O)C1=C[C@H](N=C(N)N)[C@@H](C)C([C@H](OC(=O)NCCCCCCN)[C@H]2COC(=O)O2)O1. The highest BCUT2D eigenvalue weighted by Gasteiger charge is 2.48. The predicted octanol–water partition coefficient (Wildman–Crippen LogP) is -0.130. The second-order valence-corrected chi connectivity index (χ2v) is 7.73. The van der Waals surface area contributed by atoms with Gasteiger partial charge in [-0.1, -0.05) is 19.8 Å². The van der Waals surface area contributed by atoms with Gasteiger partial charge in [-0.05, 0) is 25.5 Å². The summed E-state index contributed by atoms with van der Waals surface area (Å²) in [5.41, 5.74) is 16.5. The molecule has 0 radical (unpaired) electrons. The highest BCUT2D eigenvalue weighted by Crippen LogP contribution is 2.32. The molecule has 33 heavy (non-hydrogen) atoms. The lowest BCUT2D eigenvalue weighted by Crippen LogP contribution is -2.52. The van der Waals surface area contributed by atoms with Crippen molar-refractivity contribution in [3.8, 4) is 0 Å². The van der Waals surface area contributed by atoms with E-state index in [1.54, 1.807) is 6.92 Å². The maximum Gasteiger partial charge on any atom is 0.508 e. The number of alkyl carbamates (subject to hydrolysis) is 1. The number of carbonyl (C=O) groups excluding carboxylic acids is 3. The lowest BCUT2D eigenvalue weighted by Gasteiger charge is -2.38. The summed E-state index contributed by atoms with van der Waals surface area (Å²) in [6.07, 6.45) is 0.300. The second kappa shape index (κ2) is 12.7. The van der Waals surface area contributed by atoms with Gasteiger partial charge in [-0.25, -0.2) is 19.4 Å². The molecular formula is C20H33N5O8. The van der Waals surface area contributed by atoms with Crippen LogP contribution in [0.4, 0.5) is 9.59 Å². The quantitative estimate of drug-likeness (QED) is 0.103. The number of nitrogens with one attached hydrogen (secondary N) is 1. The number of aliphatic imine (C=N–C) groups is 1. The molecule has 2 aliphatic rings. The Kier molecular flexibility index (Phi) is 10.0. The van der Waals surface area contributed by atoms with E-state index in [1.807, 2.05) is 0 Å². The van der Waals surface area contributed by atoms with Gasteiger partial charge >= 0.3 is 18.2 Å². The van der Waals surface area contributed by atoms with Crippen LogP contribution in [0.1, 0.15) is 32.6 Å². The van der Waals surface area contributed by atoms with Crippen LogP contribution in [0.15, 0.2) is 16.8 Å². The number of unbranched alkanes of at least 4 members (excludes halogenated alkanes) is 3. The number of hydrogen-bond donors (Lipinski definition) is 4. The van der Waals surface area contributed by atoms with Crippen LogP contribution in [-0.2, 0) is 28.5 Å². The second-order valence-electron chi connectivity index (χ2n) is 7.73. The fourth-order valence-corrected chi connectivity index (χ4v) is 3.54. The minimum Gasteiger partial charge on any atom is -0.479 e. The van der Waals surface area contributed by atoms with E-state index in [2.05, 4.69) is 10.3 Å². The number of ether oxygens (including phenoxy) is 5. The molecule has 0 aliphatic carbocycles. The summed E-state index contributed by atoms with van der Waals surface area (Å²) in [5.74, 6) is -1.60. The smallest absolute Gasteiger partial charge is 0.479 e. The van der Waals surface area contributed by atoms with Crippen molar-refractivity contribution in [1.82, 2.24) is 5.32 Å². The van der Waals surface area contributed by atoms with Crippen LogP contribution in [-0.4, -0.2) is 75.3 Å². The average Bonchev–Trinajstić information content (AvgIpc) is 3.21. The number of rotatable bonds is 11. The molecule has 1 unspecified atom stereocenters. The van der Waals surface area contributed by atoms with Gasteiger partial charge in [0.05, 0.1) is 13.2 Å². The van der Waals surface area contributed by atoms with Crippen LogP contribution in [0.5, 0.6) is 0 Å². The maximum absolute atomic E-state index is 12.5. The standard InChI is InChI=1S/C20H33N5O8/c1-11-12(25-18(22)23)9-13(17(26)29-2)31-15(11)16(14-10-30-20(28)32-14)33-19(27)24-8-6-4-3-5-7-21/h9,11-12,14-16H,3-8,10,21H2,1-2H3,(H,24,27)(H4,22,23,25)/t11-,12+,14-,15?,16-/m1/s1. The highest BCUT2D eigenvalue weighted by molar-refractivity contribution is 5.86. The zero-order valence-electron chi connectivity index (χ0n) is 18.9. The van der Waals surface area contributed by atoms with Crippen LogP contribution >= 0.6 is 0 Å². The van der Waals surface area contributed by atoms with Crippen molar-refractivity contribution in [2.45, 2.75) is 57.0 Å². The number of guanidine groups is 1. The zero-order valence-corrected chi connectivity index (χ0v) is 18.9. The molecule has 0 aromatic carbocycles. The van der Waals surface area contributed by atoms with Crippen LogP contribution < -0.4 is 22.5 Å². The van der Waals surface area contributed by atoms with Crippen LogP contribution in [0, 0.1) is 5.92 Å². The highest BCUT2D eigenvalue weighted by atomic mass is 16.8. The van der Waals surface area contributed by atoms with Gasteiger partial charge in [0.1, 0.15) is 12.7 Å². The van der Waals surface area contributed by atoms with E-state index in [0.29, 0.717) is 13.1 Å². The Morgan fingerprint density at radius 3 is 2.58 bits per heavy atom. The summed E-state index contributed by atoms with van der Waals surface area (Å²) in [7, 11) is 1.19. The molecule has 13 nitrogen and oxygen atoms in total. The largest absolute Gasteiger partial charge is 0.508 e. The van der Waals surface area contributed by atoms with Crippen molar-refractivity contribution in [1.29, 1.82) is 0 Å². The first kappa shape index (κ1) is 26.0. The van der Waals surface area contributed by atoms with Gasteiger partial charge in [-0.3, -0.25) is 0 Å². The van der Waals surface area contributed by atoms with Crippen molar-refractivity contribution in [3.63, 3.8) is 0 Å². The lowest BCUT2D eigenvalue weighted by molar-refractivity contribution is -0.147. The first-order valence-electron chi connectivity index (χ1n) is 10.8. The first-order valence-corrected chi connectivity index (χ1v) is 10.8. The molecule has 186 valence electrons. The van der Waals surface area contributed by atoms with Gasteiger partial charge in [-0.15, -0.1) is 0 Å². The van der Waals surface area contributed by atoms with Crippen LogP contribution in [0.3, 0.4) is 0 Å². The van der Waals surface area contributed by atoms with E-state index in [9.17, 15) is 14.4 Å². The van der Waals surface area contributed by atoms with E-state index in [4.69, 9.17) is 40.9 Å². The van der Waals surface area contributed by atoms with Crippen molar-refractivity contribution in [3.05, 3.63) is 11.8 Å². The lowest BCUT2D eigenvalue weighted by atomic mass is 9.87. The Morgan fingerprint density at radius 2 is 1.97 bits per heavy atom. The van der Waals surface area contributed by atoms with Gasteiger partial charge in [0.2, 0.25) is 5.76 Å². The molecule has 0 aromatic heterocycles. The molecule has 1 fully saturated rings. The summed E-state index contributed by atoms with van der Waals surface area (Å²) in [6.45, 7) is 2.60. The zero-order chi connectivity index (χ0) is 24.4. The summed E-state index contributed by atoms with van der Waals surface area (Å²) < 4.78 is 26.2. The molecular weight excluding hydrogens is 438 g/mol. The number of methoxy groups -OCH3 is 1. The maximum atomic E-state index is 12.5. The minimum absolute atomic E-state index is 0.158. The van der Waals surface area contributed by atoms with E-state index >= 15 is 0 Å². The van der Waals surface area contributed by atoms with Crippen molar-refractivity contribution >= 4 is 24.2 Å². The topological polar surface area (TPSA) is 200 Å². The van der Waals surface area contributed by atoms with E-state index in [-0.39, 0.29) is 18.3 Å². The summed E-state index contributed by atoms with van der Waals surface area (Å²) in [5, 5.41) is 2.66. The Hall–Kier alpha value is -3.22. The van der Waals surface area contributed by atoms with Gasteiger partial charge in [0, 0.05) is 12.5 Å². The van der Waals surface area contributed by atoms with E-state index in [1.165, 1.54) is 13.2 Å². The van der Waals surface area contributed by atoms with Gasteiger partial charge in [0.15, 0.2) is 18.2 Å². The van der Waals surface area contributed by atoms with Crippen molar-refractivity contribution < 1.29 is 38.1 Å². The molecule has 0 bridgehead atoms. The van der Waals surface area contributed by atoms with E-state index < -0.39 is 48.5 Å². The number of nitrogens with zero attached hydrogens (tertiary/aromatic N) is 1. The predicted molar refractivity (Wildman–Crippen MR) is 116 cm³/mol. The molecule has 2 heterocycles. The molecule has 13 heteroatoms. The number of carbonyl (C=O) groups is 3. The number of cyclic esters (lactones) is 2. The molecule has 0 spiro atoms. The summed E-state index contributed by atoms with van der Waals surface area (Å²) in [4.78, 5) is 40.3. The van der Waals surface area contributed by atoms with Crippen molar-refractivity contribution in [2.24, 2.45) is 28.1 Å². The Morgan fingerprint density at radius 1 is 1.24 bits per heavy atom. The Bertz CT molecular complexity index is 755. The minimum atomic E-state index is -1.12. The average molecular weight is 472 g/mol. The van der Waals surface area contributed by atoms with Crippen LogP contribution in [0.25, 0.3) is 0 Å². The normalized spacial score (nSPS) is 24.9. The molecule has 2 rings (SSSR count). The number of amides is 1.